The minimum absolute atomic E-state index is 0.599. The Morgan fingerprint density at radius 3 is 1.80 bits per heavy atom. The second-order valence-corrected chi connectivity index (χ2v) is 12.5. The number of benzene rings is 8. The molecule has 0 aliphatic heterocycles. The standard InChI is InChI=1S/C45H27N3O/c1-2-12-31(13-3-1)43-46-44(34-23-18-28-10-4-5-14-32(28)24-34)48-45(47-43)39-26-35(27-41-42(39)37-16-8-9-17-40(37)49-41)33-22-21-30-20-19-29-11-6-7-15-36(29)38(30)25-33/h1-27H. The van der Waals surface area contributed by atoms with Gasteiger partial charge in [0, 0.05) is 27.5 Å². The third kappa shape index (κ3) is 4.65. The van der Waals surface area contributed by atoms with Gasteiger partial charge in [0.05, 0.1) is 0 Å². The Bertz CT molecular complexity index is 2890. The van der Waals surface area contributed by atoms with E-state index in [0.29, 0.717) is 17.5 Å². The smallest absolute Gasteiger partial charge is 0.164 e. The number of hydrogen-bond donors (Lipinski definition) is 0. The maximum absolute atomic E-state index is 6.54. The van der Waals surface area contributed by atoms with Gasteiger partial charge in [0.25, 0.3) is 0 Å². The van der Waals surface area contributed by atoms with Gasteiger partial charge in [-0.1, -0.05) is 133 Å². The summed E-state index contributed by atoms with van der Waals surface area (Å²) in [5.74, 6) is 1.84. The van der Waals surface area contributed by atoms with Crippen LogP contribution in [0.4, 0.5) is 0 Å². The van der Waals surface area contributed by atoms with Crippen LogP contribution in [0.15, 0.2) is 168 Å². The lowest BCUT2D eigenvalue weighted by molar-refractivity contribution is 0.669. The molecular formula is C45H27N3O. The van der Waals surface area contributed by atoms with Crippen molar-refractivity contribution >= 4 is 54.3 Å². The molecular weight excluding hydrogens is 599 g/mol. The van der Waals surface area contributed by atoms with E-state index in [2.05, 4.69) is 115 Å². The zero-order valence-electron chi connectivity index (χ0n) is 26.3. The minimum Gasteiger partial charge on any atom is -0.456 e. The van der Waals surface area contributed by atoms with Crippen molar-refractivity contribution < 1.29 is 4.42 Å². The fraction of sp³-hybridized carbons (Fsp3) is 0. The fourth-order valence-corrected chi connectivity index (χ4v) is 7.05. The summed E-state index contributed by atoms with van der Waals surface area (Å²) in [6, 6.07) is 57.0. The number of rotatable bonds is 4. The molecule has 0 radical (unpaired) electrons. The molecule has 0 aliphatic carbocycles. The molecule has 0 saturated heterocycles. The van der Waals surface area contributed by atoms with E-state index >= 15 is 0 Å². The number of aromatic nitrogens is 3. The molecule has 0 amide bonds. The van der Waals surface area contributed by atoms with E-state index in [-0.39, 0.29) is 0 Å². The third-order valence-corrected chi connectivity index (χ3v) is 9.47. The van der Waals surface area contributed by atoms with Gasteiger partial charge >= 0.3 is 0 Å². The van der Waals surface area contributed by atoms with E-state index in [0.717, 1.165) is 55.1 Å². The van der Waals surface area contributed by atoms with Crippen LogP contribution >= 0.6 is 0 Å². The second kappa shape index (κ2) is 11.0. The Hall–Kier alpha value is -6.65. The summed E-state index contributed by atoms with van der Waals surface area (Å²) < 4.78 is 6.54. The molecule has 0 atom stereocenters. The minimum atomic E-state index is 0.599. The van der Waals surface area contributed by atoms with Crippen LogP contribution < -0.4 is 0 Å². The number of furan rings is 1. The molecule has 0 aliphatic rings. The zero-order valence-corrected chi connectivity index (χ0v) is 26.3. The average Bonchev–Trinajstić information content (AvgIpc) is 3.56. The topological polar surface area (TPSA) is 51.8 Å². The predicted octanol–water partition coefficient (Wildman–Crippen LogP) is 11.9. The van der Waals surface area contributed by atoms with Gasteiger partial charge in [-0.2, -0.15) is 0 Å². The van der Waals surface area contributed by atoms with E-state index in [4.69, 9.17) is 19.4 Å². The van der Waals surface area contributed by atoms with Crippen molar-refractivity contribution in [1.29, 1.82) is 0 Å². The lowest BCUT2D eigenvalue weighted by Gasteiger charge is -2.12. The third-order valence-electron chi connectivity index (χ3n) is 9.47. The predicted molar refractivity (Wildman–Crippen MR) is 201 cm³/mol. The summed E-state index contributed by atoms with van der Waals surface area (Å²) >= 11 is 0. The van der Waals surface area contributed by atoms with Crippen LogP contribution in [0.2, 0.25) is 0 Å². The monoisotopic (exact) mass is 625 g/mol. The van der Waals surface area contributed by atoms with Gasteiger partial charge in [0.1, 0.15) is 11.2 Å². The van der Waals surface area contributed by atoms with Crippen molar-refractivity contribution in [2.45, 2.75) is 0 Å². The first kappa shape index (κ1) is 27.5. The second-order valence-electron chi connectivity index (χ2n) is 12.5. The molecule has 0 fully saturated rings. The number of para-hydroxylation sites is 1. The molecule has 2 aromatic heterocycles. The Kier molecular flexibility index (Phi) is 6.15. The Labute approximate surface area is 282 Å². The first-order valence-corrected chi connectivity index (χ1v) is 16.4. The maximum Gasteiger partial charge on any atom is 0.164 e. The van der Waals surface area contributed by atoms with Gasteiger partial charge in [-0.3, -0.25) is 0 Å². The number of hydrogen-bond acceptors (Lipinski definition) is 4. The fourth-order valence-electron chi connectivity index (χ4n) is 7.05. The highest BCUT2D eigenvalue weighted by atomic mass is 16.3. The highest BCUT2D eigenvalue weighted by Crippen LogP contribution is 2.41. The van der Waals surface area contributed by atoms with Crippen molar-refractivity contribution in [3.8, 4) is 45.3 Å². The van der Waals surface area contributed by atoms with Gasteiger partial charge in [0.15, 0.2) is 17.5 Å². The zero-order chi connectivity index (χ0) is 32.3. The highest BCUT2D eigenvalue weighted by molar-refractivity contribution is 6.14. The molecule has 0 spiro atoms. The molecule has 0 unspecified atom stereocenters. The van der Waals surface area contributed by atoms with Crippen LogP contribution in [0.1, 0.15) is 0 Å². The van der Waals surface area contributed by atoms with Gasteiger partial charge in [0.2, 0.25) is 0 Å². The lowest BCUT2D eigenvalue weighted by atomic mass is 9.94. The summed E-state index contributed by atoms with van der Waals surface area (Å²) in [6.07, 6.45) is 0. The van der Waals surface area contributed by atoms with E-state index in [9.17, 15) is 0 Å². The quantitative estimate of drug-likeness (QED) is 0.183. The molecule has 0 bridgehead atoms. The first-order valence-electron chi connectivity index (χ1n) is 16.4. The van der Waals surface area contributed by atoms with Crippen LogP contribution in [0.25, 0.3) is 99.5 Å². The average molecular weight is 626 g/mol. The molecule has 4 heteroatoms. The molecule has 228 valence electrons. The Balaban J connectivity index is 1.25. The first-order chi connectivity index (χ1) is 24.2. The van der Waals surface area contributed by atoms with Crippen LogP contribution in [0.5, 0.6) is 0 Å². The summed E-state index contributed by atoms with van der Waals surface area (Å²) in [5.41, 5.74) is 6.51. The number of nitrogens with zero attached hydrogens (tertiary/aromatic N) is 3. The van der Waals surface area contributed by atoms with Crippen LogP contribution in [0.3, 0.4) is 0 Å². The van der Waals surface area contributed by atoms with E-state index < -0.39 is 0 Å². The van der Waals surface area contributed by atoms with Gasteiger partial charge in [-0.05, 0) is 73.8 Å². The summed E-state index contributed by atoms with van der Waals surface area (Å²) in [5, 5.41) is 9.20. The van der Waals surface area contributed by atoms with Gasteiger partial charge < -0.3 is 4.42 Å². The molecule has 2 heterocycles. The van der Waals surface area contributed by atoms with Gasteiger partial charge in [-0.25, -0.2) is 15.0 Å². The van der Waals surface area contributed by atoms with Crippen molar-refractivity contribution in [1.82, 2.24) is 15.0 Å². The van der Waals surface area contributed by atoms with Crippen molar-refractivity contribution in [2.75, 3.05) is 0 Å². The van der Waals surface area contributed by atoms with Crippen LogP contribution in [-0.2, 0) is 0 Å². The van der Waals surface area contributed by atoms with Crippen LogP contribution in [0, 0.1) is 0 Å². The largest absolute Gasteiger partial charge is 0.456 e. The van der Waals surface area contributed by atoms with E-state index in [1.807, 2.05) is 48.5 Å². The SMILES string of the molecule is c1ccc(-c2nc(-c3ccc4ccccc4c3)nc(-c3cc(-c4ccc5ccc6ccccc6c5c4)cc4oc5ccccc5c34)n2)cc1. The molecule has 10 aromatic rings. The molecule has 8 aromatic carbocycles. The molecule has 0 saturated carbocycles. The lowest BCUT2D eigenvalue weighted by Crippen LogP contribution is -2.00. The van der Waals surface area contributed by atoms with E-state index in [1.165, 1.54) is 26.9 Å². The highest BCUT2D eigenvalue weighted by Gasteiger charge is 2.20. The molecule has 49 heavy (non-hydrogen) atoms. The van der Waals surface area contributed by atoms with E-state index in [1.54, 1.807) is 0 Å². The summed E-state index contributed by atoms with van der Waals surface area (Å²) in [6.45, 7) is 0. The van der Waals surface area contributed by atoms with Gasteiger partial charge in [-0.15, -0.1) is 0 Å². The Morgan fingerprint density at radius 2 is 0.939 bits per heavy atom. The normalized spacial score (nSPS) is 11.7. The molecule has 10 rings (SSSR count). The molecule has 0 N–H and O–H groups in total. The van der Waals surface area contributed by atoms with Crippen molar-refractivity contribution in [3.63, 3.8) is 0 Å². The summed E-state index contributed by atoms with van der Waals surface area (Å²) in [7, 11) is 0. The maximum atomic E-state index is 6.54. The van der Waals surface area contributed by atoms with Crippen molar-refractivity contribution in [3.05, 3.63) is 164 Å². The Morgan fingerprint density at radius 1 is 0.327 bits per heavy atom. The number of fused-ring (bicyclic) bond motifs is 7. The summed E-state index contributed by atoms with van der Waals surface area (Å²) in [4.78, 5) is 15.4. The molecule has 4 nitrogen and oxygen atoms in total. The van der Waals surface area contributed by atoms with Crippen LogP contribution in [-0.4, -0.2) is 15.0 Å². The van der Waals surface area contributed by atoms with Crippen molar-refractivity contribution in [2.24, 2.45) is 0 Å².